The first-order chi connectivity index (χ1) is 17.8. The molecule has 1 amide bonds. The Labute approximate surface area is 221 Å². The quantitative estimate of drug-likeness (QED) is 0.567. The maximum absolute atomic E-state index is 13.8. The molecule has 6 atom stereocenters. The molecular formula is C26H38F3N5O4. The average molecular weight is 542 g/mol. The van der Waals surface area contributed by atoms with Gasteiger partial charge in [-0.3, -0.25) is 4.79 Å². The molecule has 1 aliphatic carbocycles. The third-order valence-electron chi connectivity index (χ3n) is 9.25. The third kappa shape index (κ3) is 4.67. The fraction of sp³-hybridized carbons (Fsp3) is 0.808. The summed E-state index contributed by atoms with van der Waals surface area (Å²) in [6.45, 7) is 7.43. The first-order valence-corrected chi connectivity index (χ1v) is 13.4. The topological polar surface area (TPSA) is 100 Å². The largest absolute Gasteiger partial charge is 0.451 e. The van der Waals surface area contributed by atoms with Gasteiger partial charge in [0.1, 0.15) is 11.9 Å². The zero-order valence-electron chi connectivity index (χ0n) is 22.4. The Morgan fingerprint density at radius 2 is 2.03 bits per heavy atom. The van der Waals surface area contributed by atoms with Crippen LogP contribution in [0.25, 0.3) is 0 Å². The molecule has 1 aromatic rings. The summed E-state index contributed by atoms with van der Waals surface area (Å²) in [5, 5.41) is 14.9. The molecule has 2 bridgehead atoms. The molecule has 0 radical (unpaired) electrons. The molecule has 4 fully saturated rings. The number of hydrogen-bond acceptors (Lipinski definition) is 8. The maximum Gasteiger partial charge on any atom is 0.451 e. The number of anilines is 1. The van der Waals surface area contributed by atoms with E-state index < -0.39 is 28.6 Å². The molecule has 4 aliphatic rings. The van der Waals surface area contributed by atoms with Gasteiger partial charge in [-0.25, -0.2) is 9.97 Å². The fourth-order valence-corrected chi connectivity index (χ4v) is 7.15. The number of piperazine rings is 1. The number of halogens is 3. The number of carbonyl (C=O) groups is 1. The highest BCUT2D eigenvalue weighted by Crippen LogP contribution is 2.45. The summed E-state index contributed by atoms with van der Waals surface area (Å²) in [5.41, 5.74) is -2.32. The van der Waals surface area contributed by atoms with Gasteiger partial charge < -0.3 is 29.7 Å². The van der Waals surface area contributed by atoms with Crippen molar-refractivity contribution in [2.24, 2.45) is 5.41 Å². The molecule has 1 aromatic heterocycles. The predicted octanol–water partition coefficient (Wildman–Crippen LogP) is 2.38. The zero-order valence-corrected chi connectivity index (χ0v) is 22.4. The summed E-state index contributed by atoms with van der Waals surface area (Å²) in [7, 11) is 1.63. The van der Waals surface area contributed by atoms with Crippen molar-refractivity contribution >= 4 is 11.7 Å². The van der Waals surface area contributed by atoms with E-state index in [0.29, 0.717) is 45.6 Å². The van der Waals surface area contributed by atoms with Crippen LogP contribution in [0.15, 0.2) is 12.3 Å². The highest BCUT2D eigenvalue weighted by molar-refractivity contribution is 5.84. The van der Waals surface area contributed by atoms with Crippen molar-refractivity contribution in [3.05, 3.63) is 18.1 Å². The number of amides is 1. The molecule has 3 saturated heterocycles. The average Bonchev–Trinajstić information content (AvgIpc) is 3.57. The highest BCUT2D eigenvalue weighted by Gasteiger charge is 2.56. The Morgan fingerprint density at radius 1 is 1.26 bits per heavy atom. The monoisotopic (exact) mass is 541 g/mol. The molecule has 5 rings (SSSR count). The Morgan fingerprint density at radius 3 is 2.66 bits per heavy atom. The minimum atomic E-state index is -4.60. The van der Waals surface area contributed by atoms with E-state index in [4.69, 9.17) is 9.47 Å². The van der Waals surface area contributed by atoms with Gasteiger partial charge in [-0.2, -0.15) is 13.2 Å². The second-order valence-corrected chi connectivity index (χ2v) is 12.1. The highest BCUT2D eigenvalue weighted by atomic mass is 19.4. The Hall–Kier alpha value is -2.02. The van der Waals surface area contributed by atoms with Gasteiger partial charge in [-0.1, -0.05) is 6.92 Å². The number of nitrogens with one attached hydrogen (secondary N) is 1. The van der Waals surface area contributed by atoms with Crippen molar-refractivity contribution in [3.8, 4) is 0 Å². The standard InChI is InChI=1S/C26H38F3N5O4/c1-23(2,36)25(8-10-38-15-19(25)37-4)32-16-5-7-24(3,12-16)22(35)34-14-17-11-18(34)13-33(17)20-6-9-30-21(31-20)26(27,28)29/h6,9,16-19,32,36H,5,7-8,10-15H2,1-4H3/t16-,17-,18+,19-,24+,25+/m1/s1. The second kappa shape index (κ2) is 9.57. The number of likely N-dealkylation sites (tertiary alicyclic amines) is 1. The second-order valence-electron chi connectivity index (χ2n) is 12.1. The van der Waals surface area contributed by atoms with E-state index in [1.54, 1.807) is 21.0 Å². The van der Waals surface area contributed by atoms with Crippen molar-refractivity contribution in [3.63, 3.8) is 0 Å². The van der Waals surface area contributed by atoms with Crippen LogP contribution in [-0.2, 0) is 20.4 Å². The Bertz CT molecular complexity index is 1050. The van der Waals surface area contributed by atoms with E-state index in [0.717, 1.165) is 19.0 Å². The molecule has 0 aromatic carbocycles. The molecule has 0 unspecified atom stereocenters. The van der Waals surface area contributed by atoms with Crippen LogP contribution in [0.5, 0.6) is 0 Å². The summed E-state index contributed by atoms with van der Waals surface area (Å²) >= 11 is 0. The van der Waals surface area contributed by atoms with Gasteiger partial charge in [-0.15, -0.1) is 0 Å². The lowest BCUT2D eigenvalue weighted by Crippen LogP contribution is -2.72. The predicted molar refractivity (Wildman–Crippen MR) is 132 cm³/mol. The number of nitrogens with zero attached hydrogens (tertiary/aromatic N) is 4. The number of alkyl halides is 3. The van der Waals surface area contributed by atoms with Gasteiger partial charge in [0.25, 0.3) is 0 Å². The van der Waals surface area contributed by atoms with Crippen LogP contribution in [0, 0.1) is 5.41 Å². The molecular weight excluding hydrogens is 503 g/mol. The molecule has 9 nitrogen and oxygen atoms in total. The molecule has 12 heteroatoms. The van der Waals surface area contributed by atoms with Crippen molar-refractivity contribution in [1.82, 2.24) is 20.2 Å². The zero-order chi connectivity index (χ0) is 27.5. The van der Waals surface area contributed by atoms with Crippen molar-refractivity contribution in [2.75, 3.05) is 38.3 Å². The summed E-state index contributed by atoms with van der Waals surface area (Å²) < 4.78 is 50.7. The lowest BCUT2D eigenvalue weighted by Gasteiger charge is -2.52. The number of hydrogen-bond donors (Lipinski definition) is 2. The first-order valence-electron chi connectivity index (χ1n) is 13.4. The van der Waals surface area contributed by atoms with Crippen LogP contribution >= 0.6 is 0 Å². The SMILES string of the molecule is CO[C@@H]1COCC[C@@]1(N[C@@H]1CC[C@](C)(C(=O)N2C[C@H]3C[C@H]2CN3c2ccnc(C(F)(F)F)n2)C1)C(C)(C)O. The van der Waals surface area contributed by atoms with Gasteiger partial charge in [-0.05, 0) is 52.0 Å². The minimum absolute atomic E-state index is 0.0317. The third-order valence-corrected chi connectivity index (χ3v) is 9.25. The Kier molecular flexibility index (Phi) is 6.93. The van der Waals surface area contributed by atoms with Crippen molar-refractivity contribution < 1.29 is 32.5 Å². The van der Waals surface area contributed by atoms with Gasteiger partial charge in [0.2, 0.25) is 11.7 Å². The molecule has 3 aliphatic heterocycles. The van der Waals surface area contributed by atoms with Crippen LogP contribution in [0.2, 0.25) is 0 Å². The van der Waals surface area contributed by atoms with E-state index >= 15 is 0 Å². The van der Waals surface area contributed by atoms with Crippen molar-refractivity contribution in [1.29, 1.82) is 0 Å². The lowest BCUT2D eigenvalue weighted by atomic mass is 9.73. The van der Waals surface area contributed by atoms with Crippen LogP contribution in [0.1, 0.15) is 58.7 Å². The van der Waals surface area contributed by atoms with Gasteiger partial charge in [0.15, 0.2) is 0 Å². The molecule has 1 saturated carbocycles. The summed E-state index contributed by atoms with van der Waals surface area (Å²) in [4.78, 5) is 24.7. The maximum atomic E-state index is 13.8. The molecule has 4 heterocycles. The summed E-state index contributed by atoms with van der Waals surface area (Å²) in [5.74, 6) is -0.795. The number of rotatable bonds is 6. The van der Waals surface area contributed by atoms with Crippen LogP contribution in [0.3, 0.4) is 0 Å². The summed E-state index contributed by atoms with van der Waals surface area (Å²) in [6, 6.07) is 1.40. The van der Waals surface area contributed by atoms with E-state index in [9.17, 15) is 23.1 Å². The summed E-state index contributed by atoms with van der Waals surface area (Å²) in [6.07, 6.45) is -0.314. The van der Waals surface area contributed by atoms with Gasteiger partial charge in [0, 0.05) is 44.5 Å². The van der Waals surface area contributed by atoms with E-state index in [2.05, 4.69) is 15.3 Å². The smallest absolute Gasteiger partial charge is 0.388 e. The number of aliphatic hydroxyl groups is 1. The Balaban J connectivity index is 1.25. The number of aromatic nitrogens is 2. The number of fused-ring (bicyclic) bond motifs is 2. The van der Waals surface area contributed by atoms with E-state index in [1.807, 2.05) is 16.7 Å². The van der Waals surface area contributed by atoms with Gasteiger partial charge in [0.05, 0.1) is 29.8 Å². The minimum Gasteiger partial charge on any atom is -0.388 e. The molecule has 0 spiro atoms. The number of methoxy groups -OCH3 is 1. The fourth-order valence-electron chi connectivity index (χ4n) is 7.15. The molecule has 2 N–H and O–H groups in total. The van der Waals surface area contributed by atoms with Gasteiger partial charge >= 0.3 is 6.18 Å². The van der Waals surface area contributed by atoms with Crippen LogP contribution in [0.4, 0.5) is 19.0 Å². The molecule has 212 valence electrons. The van der Waals surface area contributed by atoms with E-state index in [1.165, 1.54) is 6.07 Å². The first kappa shape index (κ1) is 27.5. The lowest BCUT2D eigenvalue weighted by molar-refractivity contribution is -0.162. The van der Waals surface area contributed by atoms with Crippen molar-refractivity contribution in [2.45, 2.75) is 94.4 Å². The van der Waals surface area contributed by atoms with E-state index in [-0.39, 0.29) is 36.0 Å². The number of carbonyl (C=O) groups excluding carboxylic acids is 1. The molecule has 38 heavy (non-hydrogen) atoms. The normalized spacial score (nSPS) is 35.8. The van der Waals surface area contributed by atoms with Crippen LogP contribution in [-0.4, -0.2) is 94.7 Å². The number of ether oxygens (including phenoxy) is 2. The van der Waals surface area contributed by atoms with Crippen LogP contribution < -0.4 is 10.2 Å².